The van der Waals surface area contributed by atoms with Crippen LogP contribution in [0.1, 0.15) is 18.9 Å². The van der Waals surface area contributed by atoms with Gasteiger partial charge in [-0.3, -0.25) is 0 Å². The van der Waals surface area contributed by atoms with Gasteiger partial charge < -0.3 is 10.1 Å². The molecule has 0 amide bonds. The number of hydrogen-bond acceptors (Lipinski definition) is 2. The lowest BCUT2D eigenvalue weighted by molar-refractivity contribution is 0.479. The fraction of sp³-hybridized carbons (Fsp3) is 0.250. The van der Waals surface area contributed by atoms with Gasteiger partial charge in [0.15, 0.2) is 0 Å². The van der Waals surface area contributed by atoms with Crippen LogP contribution in [0.25, 0.3) is 0 Å². The highest BCUT2D eigenvalue weighted by molar-refractivity contribution is 9.10. The highest BCUT2D eigenvalue weighted by Gasteiger charge is 2.06. The summed E-state index contributed by atoms with van der Waals surface area (Å²) < 4.78 is 6.75. The molecule has 0 spiro atoms. The molecular weight excluding hydrogens is 338 g/mol. The van der Waals surface area contributed by atoms with E-state index in [0.717, 1.165) is 29.7 Å². The maximum atomic E-state index is 6.09. The molecule has 0 fully saturated rings. The molecule has 20 heavy (non-hydrogen) atoms. The number of hydrogen-bond donors (Lipinski definition) is 1. The van der Waals surface area contributed by atoms with Gasteiger partial charge >= 0.3 is 0 Å². The summed E-state index contributed by atoms with van der Waals surface area (Å²) in [4.78, 5) is 0. The van der Waals surface area contributed by atoms with E-state index < -0.39 is 0 Å². The Morgan fingerprint density at radius 2 is 1.95 bits per heavy atom. The van der Waals surface area contributed by atoms with Gasteiger partial charge in [-0.1, -0.05) is 36.7 Å². The van der Waals surface area contributed by atoms with Gasteiger partial charge in [0.25, 0.3) is 0 Å². The summed E-state index contributed by atoms with van der Waals surface area (Å²) in [7, 11) is 0. The molecule has 2 aromatic rings. The van der Waals surface area contributed by atoms with E-state index in [4.69, 9.17) is 16.3 Å². The van der Waals surface area contributed by atoms with Gasteiger partial charge in [-0.2, -0.15) is 0 Å². The molecular formula is C16H17BrClNO. The fourth-order valence-corrected chi connectivity index (χ4v) is 2.47. The average Bonchev–Trinajstić information content (AvgIpc) is 2.44. The molecule has 2 aromatic carbocycles. The van der Waals surface area contributed by atoms with Crippen molar-refractivity contribution in [1.29, 1.82) is 0 Å². The monoisotopic (exact) mass is 353 g/mol. The molecule has 0 saturated heterocycles. The van der Waals surface area contributed by atoms with Crippen molar-refractivity contribution < 1.29 is 4.74 Å². The predicted octanol–water partition coefficient (Wildman–Crippen LogP) is 5.39. The summed E-state index contributed by atoms with van der Waals surface area (Å²) in [6.07, 6.45) is 1.13. The van der Waals surface area contributed by atoms with Crippen molar-refractivity contribution in [2.24, 2.45) is 0 Å². The molecule has 0 bridgehead atoms. The highest BCUT2D eigenvalue weighted by atomic mass is 79.9. The molecule has 4 heteroatoms. The van der Waals surface area contributed by atoms with Crippen LogP contribution < -0.4 is 10.1 Å². The lowest BCUT2D eigenvalue weighted by atomic mass is 10.2. The van der Waals surface area contributed by atoms with E-state index >= 15 is 0 Å². The molecule has 0 radical (unpaired) electrons. The standard InChI is InChI=1S/C16H17BrClNO/c1-2-9-19-11-12-7-8-15(13(17)10-12)20-16-6-4-3-5-14(16)18/h3-8,10,19H,2,9,11H2,1H3. The van der Waals surface area contributed by atoms with Crippen LogP contribution in [0.2, 0.25) is 5.02 Å². The summed E-state index contributed by atoms with van der Waals surface area (Å²) in [6, 6.07) is 13.5. The second kappa shape index (κ2) is 7.67. The summed E-state index contributed by atoms with van der Waals surface area (Å²) in [5, 5.41) is 3.98. The minimum absolute atomic E-state index is 0.605. The first kappa shape index (κ1) is 15.4. The number of nitrogens with one attached hydrogen (secondary N) is 1. The molecule has 0 aliphatic carbocycles. The molecule has 1 N–H and O–H groups in total. The molecule has 2 rings (SSSR count). The van der Waals surface area contributed by atoms with Crippen molar-refractivity contribution in [3.63, 3.8) is 0 Å². The Kier molecular flexibility index (Phi) is 5.89. The summed E-state index contributed by atoms with van der Waals surface area (Å²) in [5.41, 5.74) is 1.22. The van der Waals surface area contributed by atoms with Crippen molar-refractivity contribution in [2.45, 2.75) is 19.9 Å². The summed E-state index contributed by atoms with van der Waals surface area (Å²) in [6.45, 7) is 4.04. The maximum absolute atomic E-state index is 6.09. The smallest absolute Gasteiger partial charge is 0.146 e. The van der Waals surface area contributed by atoms with E-state index in [1.165, 1.54) is 5.56 Å². The number of para-hydroxylation sites is 1. The summed E-state index contributed by atoms with van der Waals surface area (Å²) >= 11 is 9.63. The normalized spacial score (nSPS) is 10.6. The third kappa shape index (κ3) is 4.23. The Hall–Kier alpha value is -1.03. The van der Waals surface area contributed by atoms with E-state index in [1.807, 2.05) is 30.3 Å². The molecule has 0 unspecified atom stereocenters. The van der Waals surface area contributed by atoms with Crippen LogP contribution in [0.15, 0.2) is 46.9 Å². The number of benzene rings is 2. The van der Waals surface area contributed by atoms with Crippen LogP contribution in [0.3, 0.4) is 0 Å². The SMILES string of the molecule is CCCNCc1ccc(Oc2ccccc2Cl)c(Br)c1. The van der Waals surface area contributed by atoms with Gasteiger partial charge in [-0.15, -0.1) is 0 Å². The van der Waals surface area contributed by atoms with Crippen molar-refractivity contribution in [1.82, 2.24) is 5.32 Å². The molecule has 0 aromatic heterocycles. The van der Waals surface area contributed by atoms with E-state index in [-0.39, 0.29) is 0 Å². The fourth-order valence-electron chi connectivity index (χ4n) is 1.79. The number of ether oxygens (including phenoxy) is 1. The molecule has 106 valence electrons. The van der Waals surface area contributed by atoms with Crippen LogP contribution >= 0.6 is 27.5 Å². The van der Waals surface area contributed by atoms with Crippen molar-refractivity contribution >= 4 is 27.5 Å². The van der Waals surface area contributed by atoms with Crippen molar-refractivity contribution in [2.75, 3.05) is 6.54 Å². The number of rotatable bonds is 6. The largest absolute Gasteiger partial charge is 0.455 e. The topological polar surface area (TPSA) is 21.3 Å². The Labute approximate surface area is 133 Å². The zero-order valence-electron chi connectivity index (χ0n) is 11.3. The van der Waals surface area contributed by atoms with Crippen molar-refractivity contribution in [3.05, 3.63) is 57.5 Å². The van der Waals surface area contributed by atoms with Gasteiger partial charge in [0.1, 0.15) is 11.5 Å². The van der Waals surface area contributed by atoms with E-state index in [2.05, 4.69) is 40.3 Å². The second-order valence-electron chi connectivity index (χ2n) is 4.47. The quantitative estimate of drug-likeness (QED) is 0.702. The second-order valence-corrected chi connectivity index (χ2v) is 5.74. The minimum Gasteiger partial charge on any atom is -0.455 e. The predicted molar refractivity (Wildman–Crippen MR) is 87.7 cm³/mol. The maximum Gasteiger partial charge on any atom is 0.146 e. The molecule has 0 heterocycles. The molecule has 0 atom stereocenters. The lowest BCUT2D eigenvalue weighted by Crippen LogP contribution is -2.13. The zero-order valence-corrected chi connectivity index (χ0v) is 13.7. The molecule has 2 nitrogen and oxygen atoms in total. The van der Waals surface area contributed by atoms with Gasteiger partial charge in [0.2, 0.25) is 0 Å². The van der Waals surface area contributed by atoms with Gasteiger partial charge in [0.05, 0.1) is 9.50 Å². The van der Waals surface area contributed by atoms with Crippen molar-refractivity contribution in [3.8, 4) is 11.5 Å². The zero-order chi connectivity index (χ0) is 14.4. The average molecular weight is 355 g/mol. The van der Waals surface area contributed by atoms with Crippen LogP contribution in [0.4, 0.5) is 0 Å². The molecule has 0 saturated carbocycles. The molecule has 0 aliphatic heterocycles. The lowest BCUT2D eigenvalue weighted by Gasteiger charge is -2.11. The third-order valence-corrected chi connectivity index (χ3v) is 3.74. The first-order chi connectivity index (χ1) is 9.70. The minimum atomic E-state index is 0.605. The first-order valence-corrected chi connectivity index (χ1v) is 7.79. The Morgan fingerprint density at radius 3 is 2.65 bits per heavy atom. The van der Waals surface area contributed by atoms with E-state index in [1.54, 1.807) is 0 Å². The summed E-state index contributed by atoms with van der Waals surface area (Å²) in [5.74, 6) is 1.42. The Morgan fingerprint density at radius 1 is 1.15 bits per heavy atom. The van der Waals surface area contributed by atoms with Gasteiger partial charge in [0, 0.05) is 6.54 Å². The van der Waals surface area contributed by atoms with Crippen LogP contribution in [-0.2, 0) is 6.54 Å². The van der Waals surface area contributed by atoms with Crippen LogP contribution in [0.5, 0.6) is 11.5 Å². The third-order valence-electron chi connectivity index (χ3n) is 2.81. The first-order valence-electron chi connectivity index (χ1n) is 6.62. The molecule has 0 aliphatic rings. The van der Waals surface area contributed by atoms with E-state index in [9.17, 15) is 0 Å². The number of halogens is 2. The van der Waals surface area contributed by atoms with E-state index in [0.29, 0.717) is 10.8 Å². The van der Waals surface area contributed by atoms with Gasteiger partial charge in [-0.05, 0) is 58.7 Å². The Bertz CT molecular complexity index is 574. The highest BCUT2D eigenvalue weighted by Crippen LogP contribution is 2.33. The van der Waals surface area contributed by atoms with Gasteiger partial charge in [-0.25, -0.2) is 0 Å². The van der Waals surface area contributed by atoms with Crippen LogP contribution in [-0.4, -0.2) is 6.54 Å². The van der Waals surface area contributed by atoms with Crippen LogP contribution in [0, 0.1) is 0 Å². The Balaban J connectivity index is 2.08.